The Kier molecular flexibility index (Phi) is 4.58. The smallest absolute Gasteiger partial charge is 0.271 e. The van der Waals surface area contributed by atoms with Crippen LogP contribution < -0.4 is 5.32 Å². The summed E-state index contributed by atoms with van der Waals surface area (Å²) in [6, 6.07) is 15.1. The van der Waals surface area contributed by atoms with Gasteiger partial charge >= 0.3 is 0 Å². The number of piperazine rings is 1. The molecule has 1 aromatic heterocycles. The van der Waals surface area contributed by atoms with Crippen molar-refractivity contribution in [2.45, 2.75) is 19.5 Å². The van der Waals surface area contributed by atoms with Crippen molar-refractivity contribution in [3.05, 3.63) is 76.0 Å². The molecule has 6 heteroatoms. The second kappa shape index (κ2) is 7.04. The lowest BCUT2D eigenvalue weighted by Crippen LogP contribution is -2.55. The summed E-state index contributed by atoms with van der Waals surface area (Å²) in [5.41, 5.74) is 3.09. The van der Waals surface area contributed by atoms with Gasteiger partial charge in [0.15, 0.2) is 0 Å². The van der Waals surface area contributed by atoms with Gasteiger partial charge < -0.3 is 15.2 Å². The lowest BCUT2D eigenvalue weighted by Gasteiger charge is -2.34. The molecule has 1 fully saturated rings. The second-order valence-corrected chi connectivity index (χ2v) is 7.49. The van der Waals surface area contributed by atoms with Crippen LogP contribution in [0.3, 0.4) is 0 Å². The van der Waals surface area contributed by atoms with Crippen LogP contribution in [0.15, 0.2) is 64.9 Å². The summed E-state index contributed by atoms with van der Waals surface area (Å²) in [6.45, 7) is 2.14. The third-order valence-corrected chi connectivity index (χ3v) is 5.26. The molecule has 2 N–H and O–H groups in total. The molecule has 2 aromatic carbocycles. The first-order valence-corrected chi connectivity index (χ1v) is 9.46. The van der Waals surface area contributed by atoms with Gasteiger partial charge in [-0.15, -0.1) is 0 Å². The van der Waals surface area contributed by atoms with Crippen LogP contribution in [0, 0.1) is 0 Å². The molecule has 1 saturated heterocycles. The number of carbonyl (C=O) groups is 2. The normalized spacial score (nSPS) is 19.0. The molecule has 2 amide bonds. The largest absolute Gasteiger partial charge is 0.361 e. The second-order valence-electron chi connectivity index (χ2n) is 6.58. The first-order valence-electron chi connectivity index (χ1n) is 8.67. The predicted octanol–water partition coefficient (Wildman–Crippen LogP) is 3.82. The highest BCUT2D eigenvalue weighted by molar-refractivity contribution is 9.10. The van der Waals surface area contributed by atoms with Gasteiger partial charge in [0, 0.05) is 33.7 Å². The first kappa shape index (κ1) is 17.5. The molecule has 0 unspecified atom stereocenters. The Morgan fingerprint density at radius 2 is 1.93 bits per heavy atom. The Bertz CT molecular complexity index is 1060. The van der Waals surface area contributed by atoms with E-state index in [9.17, 15) is 9.59 Å². The van der Waals surface area contributed by atoms with E-state index in [-0.39, 0.29) is 17.5 Å². The number of halogens is 1. The SMILES string of the molecule is C[C@@H]1C(=O)N/C(=C\c2c[nH]c3ccc(Br)cc23)C(=O)N1Cc1ccccc1. The zero-order valence-corrected chi connectivity index (χ0v) is 16.3. The minimum absolute atomic E-state index is 0.183. The van der Waals surface area contributed by atoms with Crippen LogP contribution in [-0.4, -0.2) is 27.7 Å². The van der Waals surface area contributed by atoms with Crippen LogP contribution in [0.1, 0.15) is 18.1 Å². The van der Waals surface area contributed by atoms with Crippen molar-refractivity contribution in [1.82, 2.24) is 15.2 Å². The van der Waals surface area contributed by atoms with Crippen molar-refractivity contribution in [2.24, 2.45) is 0 Å². The number of aromatic amines is 1. The molecule has 3 aromatic rings. The summed E-state index contributed by atoms with van der Waals surface area (Å²) in [7, 11) is 0. The minimum Gasteiger partial charge on any atom is -0.361 e. The number of carbonyl (C=O) groups excluding carboxylic acids is 2. The Labute approximate surface area is 165 Å². The minimum atomic E-state index is -0.521. The quantitative estimate of drug-likeness (QED) is 0.628. The Morgan fingerprint density at radius 1 is 1.15 bits per heavy atom. The monoisotopic (exact) mass is 423 g/mol. The van der Waals surface area contributed by atoms with E-state index in [1.165, 1.54) is 0 Å². The third-order valence-electron chi connectivity index (χ3n) is 4.77. The first-order chi connectivity index (χ1) is 13.0. The van der Waals surface area contributed by atoms with Crippen LogP contribution in [0.5, 0.6) is 0 Å². The van der Waals surface area contributed by atoms with E-state index in [0.717, 1.165) is 26.5 Å². The summed E-state index contributed by atoms with van der Waals surface area (Å²) in [5, 5.41) is 3.73. The zero-order chi connectivity index (χ0) is 19.0. The average molecular weight is 424 g/mol. The summed E-state index contributed by atoms with van der Waals surface area (Å²) < 4.78 is 0.951. The van der Waals surface area contributed by atoms with Gasteiger partial charge in [-0.2, -0.15) is 0 Å². The summed E-state index contributed by atoms with van der Waals surface area (Å²) in [4.78, 5) is 30.3. The van der Waals surface area contributed by atoms with Crippen LogP contribution in [0.25, 0.3) is 17.0 Å². The molecule has 0 aliphatic carbocycles. The van der Waals surface area contributed by atoms with Crippen molar-refractivity contribution in [3.63, 3.8) is 0 Å². The molecule has 1 atom stereocenters. The molecule has 0 saturated carbocycles. The molecular formula is C21H18BrN3O2. The molecular weight excluding hydrogens is 406 g/mol. The molecule has 0 spiro atoms. The number of aromatic nitrogens is 1. The number of fused-ring (bicyclic) bond motifs is 1. The van der Waals surface area contributed by atoms with E-state index >= 15 is 0 Å². The van der Waals surface area contributed by atoms with Gasteiger partial charge in [-0.3, -0.25) is 9.59 Å². The van der Waals surface area contributed by atoms with E-state index in [2.05, 4.69) is 26.2 Å². The van der Waals surface area contributed by atoms with E-state index in [1.54, 1.807) is 17.9 Å². The zero-order valence-electron chi connectivity index (χ0n) is 14.7. The van der Waals surface area contributed by atoms with Crippen molar-refractivity contribution in [3.8, 4) is 0 Å². The Morgan fingerprint density at radius 3 is 2.70 bits per heavy atom. The highest BCUT2D eigenvalue weighted by Crippen LogP contribution is 2.25. The number of hydrogen-bond acceptors (Lipinski definition) is 2. The van der Waals surface area contributed by atoms with Crippen molar-refractivity contribution >= 4 is 44.7 Å². The van der Waals surface area contributed by atoms with Gasteiger partial charge in [0.1, 0.15) is 11.7 Å². The molecule has 5 nitrogen and oxygen atoms in total. The number of rotatable bonds is 3. The van der Waals surface area contributed by atoms with Gasteiger partial charge in [-0.1, -0.05) is 46.3 Å². The summed E-state index contributed by atoms with van der Waals surface area (Å²) in [6.07, 6.45) is 3.57. The molecule has 0 bridgehead atoms. The Hall–Kier alpha value is -2.86. The molecule has 4 rings (SSSR count). The van der Waals surface area contributed by atoms with Crippen LogP contribution in [0.2, 0.25) is 0 Å². The van der Waals surface area contributed by atoms with Gasteiger partial charge in [0.25, 0.3) is 5.91 Å². The third kappa shape index (κ3) is 3.40. The molecule has 136 valence electrons. The molecule has 2 heterocycles. The summed E-state index contributed by atoms with van der Waals surface area (Å²) in [5.74, 6) is -0.367. The Balaban J connectivity index is 1.69. The number of benzene rings is 2. The number of amides is 2. The maximum Gasteiger partial charge on any atom is 0.271 e. The van der Waals surface area contributed by atoms with Crippen molar-refractivity contribution in [1.29, 1.82) is 0 Å². The van der Waals surface area contributed by atoms with Crippen molar-refractivity contribution < 1.29 is 9.59 Å². The highest BCUT2D eigenvalue weighted by Gasteiger charge is 2.34. The fourth-order valence-corrected chi connectivity index (χ4v) is 3.60. The lowest BCUT2D eigenvalue weighted by atomic mass is 10.1. The van der Waals surface area contributed by atoms with Crippen LogP contribution in [-0.2, 0) is 16.1 Å². The van der Waals surface area contributed by atoms with Gasteiger partial charge in [0.05, 0.1) is 0 Å². The maximum absolute atomic E-state index is 13.0. The molecule has 0 radical (unpaired) electrons. The molecule has 1 aliphatic heterocycles. The van der Waals surface area contributed by atoms with Crippen LogP contribution >= 0.6 is 15.9 Å². The van der Waals surface area contributed by atoms with E-state index in [0.29, 0.717) is 6.54 Å². The average Bonchev–Trinajstić information content (AvgIpc) is 3.06. The van der Waals surface area contributed by atoms with Gasteiger partial charge in [-0.05, 0) is 36.8 Å². The number of hydrogen-bond donors (Lipinski definition) is 2. The number of nitrogens with one attached hydrogen (secondary N) is 2. The maximum atomic E-state index is 13.0. The molecule has 27 heavy (non-hydrogen) atoms. The highest BCUT2D eigenvalue weighted by atomic mass is 79.9. The fraction of sp³-hybridized carbons (Fsp3) is 0.143. The topological polar surface area (TPSA) is 65.2 Å². The molecule has 1 aliphatic rings. The fourth-order valence-electron chi connectivity index (χ4n) is 3.24. The summed E-state index contributed by atoms with van der Waals surface area (Å²) >= 11 is 3.47. The number of nitrogens with zero attached hydrogens (tertiary/aromatic N) is 1. The van der Waals surface area contributed by atoms with Crippen LogP contribution in [0.4, 0.5) is 0 Å². The van der Waals surface area contributed by atoms with Gasteiger partial charge in [-0.25, -0.2) is 0 Å². The predicted molar refractivity (Wildman–Crippen MR) is 109 cm³/mol. The number of H-pyrrole nitrogens is 1. The van der Waals surface area contributed by atoms with E-state index < -0.39 is 6.04 Å². The van der Waals surface area contributed by atoms with Crippen molar-refractivity contribution in [2.75, 3.05) is 0 Å². The van der Waals surface area contributed by atoms with E-state index in [1.807, 2.05) is 54.7 Å². The standard InChI is InChI=1S/C21H18BrN3O2/c1-13-20(26)24-19(21(27)25(13)12-14-5-3-2-4-6-14)9-15-11-23-18-8-7-16(22)10-17(15)18/h2-11,13,23H,12H2,1H3,(H,24,26)/b19-9-/t13-/m1/s1. The van der Waals surface area contributed by atoms with Gasteiger partial charge in [0.2, 0.25) is 5.91 Å². The van der Waals surface area contributed by atoms with E-state index in [4.69, 9.17) is 0 Å². The lowest BCUT2D eigenvalue weighted by molar-refractivity contribution is -0.142.